The molecule has 1 fully saturated rings. The summed E-state index contributed by atoms with van der Waals surface area (Å²) in [5.41, 5.74) is 0.290. The first-order valence-corrected chi connectivity index (χ1v) is 9.27. The lowest BCUT2D eigenvalue weighted by Crippen LogP contribution is -2.46. The van der Waals surface area contributed by atoms with Crippen LogP contribution in [-0.4, -0.2) is 39.9 Å². The van der Waals surface area contributed by atoms with Gasteiger partial charge in [-0.15, -0.1) is 11.6 Å². The Bertz CT molecular complexity index is 743. The molecule has 134 valence electrons. The predicted molar refractivity (Wildman–Crippen MR) is 97.8 cm³/mol. The van der Waals surface area contributed by atoms with Gasteiger partial charge in [0, 0.05) is 29.6 Å². The Morgan fingerprint density at radius 3 is 2.76 bits per heavy atom. The van der Waals surface area contributed by atoms with Gasteiger partial charge in [0.1, 0.15) is 0 Å². The second kappa shape index (κ2) is 7.34. The number of amides is 1. The van der Waals surface area contributed by atoms with Gasteiger partial charge in [0.2, 0.25) is 17.6 Å². The first-order valence-electron chi connectivity index (χ1n) is 8.35. The summed E-state index contributed by atoms with van der Waals surface area (Å²) in [6, 6.07) is 7.30. The van der Waals surface area contributed by atoms with E-state index in [4.69, 9.17) is 27.7 Å². The summed E-state index contributed by atoms with van der Waals surface area (Å²) < 4.78 is 5.47. The second-order valence-electron chi connectivity index (χ2n) is 7.07. The minimum absolute atomic E-state index is 0.0531. The van der Waals surface area contributed by atoms with E-state index in [1.165, 1.54) is 0 Å². The topological polar surface area (TPSA) is 59.2 Å². The van der Waals surface area contributed by atoms with Crippen LogP contribution in [-0.2, 0) is 4.79 Å². The molecule has 0 N–H and O–H groups in total. The summed E-state index contributed by atoms with van der Waals surface area (Å²) in [5.74, 6) is 1.54. The van der Waals surface area contributed by atoms with Crippen LogP contribution in [0.3, 0.4) is 0 Å². The van der Waals surface area contributed by atoms with E-state index in [1.54, 1.807) is 12.1 Å². The molecule has 0 radical (unpaired) electrons. The van der Waals surface area contributed by atoms with Gasteiger partial charge in [0.05, 0.1) is 11.3 Å². The van der Waals surface area contributed by atoms with E-state index < -0.39 is 5.41 Å². The fraction of sp³-hybridized carbons (Fsp3) is 0.500. The standard InChI is InChI=1S/C18H21Cl2N3O2/c1-18(2,11-19)17(24)23-9-3-4-13(10-23)16-21-15(22-25-16)12-5-7-14(20)8-6-12/h5-8,13H,3-4,9-11H2,1-2H3/t13-/m1/s1. The number of hydrogen-bond acceptors (Lipinski definition) is 4. The van der Waals surface area contributed by atoms with Gasteiger partial charge >= 0.3 is 0 Å². The van der Waals surface area contributed by atoms with Crippen molar-refractivity contribution in [2.24, 2.45) is 5.41 Å². The molecular weight excluding hydrogens is 361 g/mol. The molecule has 1 amide bonds. The normalized spacial score (nSPS) is 18.4. The largest absolute Gasteiger partial charge is 0.341 e. The molecule has 1 saturated heterocycles. The molecule has 0 saturated carbocycles. The zero-order chi connectivity index (χ0) is 18.0. The summed E-state index contributed by atoms with van der Waals surface area (Å²) in [6.45, 7) is 5.07. The zero-order valence-electron chi connectivity index (χ0n) is 14.3. The summed E-state index contributed by atoms with van der Waals surface area (Å²) in [4.78, 5) is 19.0. The van der Waals surface area contributed by atoms with Crippen LogP contribution in [0.25, 0.3) is 11.4 Å². The number of carbonyl (C=O) groups is 1. The molecule has 5 nitrogen and oxygen atoms in total. The molecule has 1 aliphatic rings. The van der Waals surface area contributed by atoms with Crippen LogP contribution in [0, 0.1) is 5.41 Å². The molecule has 2 aromatic rings. The summed E-state index contributed by atoms with van der Waals surface area (Å²) >= 11 is 11.9. The molecule has 0 aliphatic carbocycles. The second-order valence-corrected chi connectivity index (χ2v) is 7.77. The van der Waals surface area contributed by atoms with E-state index in [0.29, 0.717) is 29.2 Å². The molecule has 1 atom stereocenters. The number of nitrogens with zero attached hydrogens (tertiary/aromatic N) is 3. The number of halogens is 2. The maximum absolute atomic E-state index is 12.6. The Morgan fingerprint density at radius 2 is 2.08 bits per heavy atom. The SMILES string of the molecule is CC(C)(CCl)C(=O)N1CCC[C@@H](c2nc(-c3ccc(Cl)cc3)no2)C1. The minimum Gasteiger partial charge on any atom is -0.341 e. The third-order valence-electron chi connectivity index (χ3n) is 4.52. The van der Waals surface area contributed by atoms with Crippen LogP contribution >= 0.6 is 23.2 Å². The number of benzene rings is 1. The highest BCUT2D eigenvalue weighted by atomic mass is 35.5. The van der Waals surface area contributed by atoms with Crippen LogP contribution in [0.2, 0.25) is 5.02 Å². The van der Waals surface area contributed by atoms with Gasteiger partial charge in [-0.05, 0) is 51.0 Å². The zero-order valence-corrected chi connectivity index (χ0v) is 15.8. The molecule has 1 aromatic carbocycles. The van der Waals surface area contributed by atoms with Crippen molar-refractivity contribution in [3.63, 3.8) is 0 Å². The van der Waals surface area contributed by atoms with Crippen molar-refractivity contribution in [1.29, 1.82) is 0 Å². The van der Waals surface area contributed by atoms with Gasteiger partial charge in [-0.1, -0.05) is 16.8 Å². The summed E-state index contributed by atoms with van der Waals surface area (Å²) in [7, 11) is 0. The predicted octanol–water partition coefficient (Wildman–Crippen LogP) is 4.36. The maximum Gasteiger partial charge on any atom is 0.231 e. The van der Waals surface area contributed by atoms with Crippen molar-refractivity contribution < 1.29 is 9.32 Å². The molecule has 1 aliphatic heterocycles. The van der Waals surface area contributed by atoms with Crippen molar-refractivity contribution in [3.05, 3.63) is 35.2 Å². The van der Waals surface area contributed by atoms with Gasteiger partial charge in [-0.3, -0.25) is 4.79 Å². The van der Waals surface area contributed by atoms with Crippen molar-refractivity contribution >= 4 is 29.1 Å². The molecule has 2 heterocycles. The van der Waals surface area contributed by atoms with Crippen molar-refractivity contribution in [2.75, 3.05) is 19.0 Å². The van der Waals surface area contributed by atoms with Crippen LogP contribution < -0.4 is 0 Å². The van der Waals surface area contributed by atoms with E-state index in [9.17, 15) is 4.79 Å². The summed E-state index contributed by atoms with van der Waals surface area (Å²) in [5, 5.41) is 4.74. The van der Waals surface area contributed by atoms with Crippen molar-refractivity contribution in [3.8, 4) is 11.4 Å². The first-order chi connectivity index (χ1) is 11.9. The monoisotopic (exact) mass is 381 g/mol. The maximum atomic E-state index is 12.6. The molecule has 7 heteroatoms. The van der Waals surface area contributed by atoms with Crippen molar-refractivity contribution in [2.45, 2.75) is 32.6 Å². The van der Waals surface area contributed by atoms with Gasteiger partial charge in [0.25, 0.3) is 0 Å². The molecule has 3 rings (SSSR count). The lowest BCUT2D eigenvalue weighted by molar-refractivity contribution is -0.140. The fourth-order valence-corrected chi connectivity index (χ4v) is 3.21. The average Bonchev–Trinajstić information content (AvgIpc) is 3.12. The van der Waals surface area contributed by atoms with Crippen LogP contribution in [0.4, 0.5) is 0 Å². The number of alkyl halides is 1. The van der Waals surface area contributed by atoms with Crippen LogP contribution in [0.15, 0.2) is 28.8 Å². The smallest absolute Gasteiger partial charge is 0.231 e. The van der Waals surface area contributed by atoms with Crippen LogP contribution in [0.1, 0.15) is 38.5 Å². The lowest BCUT2D eigenvalue weighted by Gasteiger charge is -2.35. The number of hydrogen-bond donors (Lipinski definition) is 0. The Labute approximate surface area is 157 Å². The highest BCUT2D eigenvalue weighted by Crippen LogP contribution is 2.30. The third kappa shape index (κ3) is 3.98. The third-order valence-corrected chi connectivity index (χ3v) is 5.44. The Balaban J connectivity index is 1.74. The number of rotatable bonds is 4. The van der Waals surface area contributed by atoms with E-state index in [0.717, 1.165) is 24.9 Å². The average molecular weight is 382 g/mol. The Morgan fingerprint density at radius 1 is 1.36 bits per heavy atom. The van der Waals surface area contributed by atoms with Gasteiger partial charge in [0.15, 0.2) is 0 Å². The Hall–Kier alpha value is -1.59. The molecule has 0 spiro atoms. The highest BCUT2D eigenvalue weighted by molar-refractivity contribution is 6.30. The highest BCUT2D eigenvalue weighted by Gasteiger charge is 2.35. The number of aromatic nitrogens is 2. The molecular formula is C18H21Cl2N3O2. The van der Waals surface area contributed by atoms with Gasteiger partial charge in [-0.25, -0.2) is 0 Å². The quantitative estimate of drug-likeness (QED) is 0.738. The molecule has 25 heavy (non-hydrogen) atoms. The lowest BCUT2D eigenvalue weighted by atomic mass is 9.91. The van der Waals surface area contributed by atoms with Gasteiger partial charge in [-0.2, -0.15) is 4.98 Å². The first kappa shape index (κ1) is 18.2. The number of likely N-dealkylation sites (tertiary alicyclic amines) is 1. The van der Waals surface area contributed by atoms with E-state index in [1.807, 2.05) is 30.9 Å². The fourth-order valence-electron chi connectivity index (χ4n) is 2.97. The van der Waals surface area contributed by atoms with E-state index in [-0.39, 0.29) is 11.8 Å². The molecule has 0 bridgehead atoms. The summed E-state index contributed by atoms with van der Waals surface area (Å²) in [6.07, 6.45) is 1.83. The minimum atomic E-state index is -0.563. The van der Waals surface area contributed by atoms with Gasteiger partial charge < -0.3 is 9.42 Å². The van der Waals surface area contributed by atoms with Crippen LogP contribution in [0.5, 0.6) is 0 Å². The molecule has 0 unspecified atom stereocenters. The number of piperidine rings is 1. The number of carbonyl (C=O) groups excluding carboxylic acids is 1. The molecule has 1 aromatic heterocycles. The van der Waals surface area contributed by atoms with E-state index in [2.05, 4.69) is 10.1 Å². The Kier molecular flexibility index (Phi) is 5.35. The van der Waals surface area contributed by atoms with Crippen molar-refractivity contribution in [1.82, 2.24) is 15.0 Å². The van der Waals surface area contributed by atoms with E-state index >= 15 is 0 Å².